The lowest BCUT2D eigenvalue weighted by molar-refractivity contribution is -0.137. The Labute approximate surface area is 116 Å². The molecule has 0 amide bonds. The molecule has 1 heterocycles. The van der Waals surface area contributed by atoms with Crippen LogP contribution in [-0.4, -0.2) is 9.97 Å². The van der Waals surface area contributed by atoms with Crippen LogP contribution in [0.2, 0.25) is 0 Å². The molecule has 0 aliphatic heterocycles. The van der Waals surface area contributed by atoms with Crippen LogP contribution in [0.4, 0.5) is 18.9 Å². The number of anilines is 1. The lowest BCUT2D eigenvalue weighted by atomic mass is 10.2. The number of nitrogens with zero attached hydrogens (tertiary/aromatic N) is 2. The first-order valence-corrected chi connectivity index (χ1v) is 6.10. The van der Waals surface area contributed by atoms with Crippen LogP contribution in [0.1, 0.15) is 11.1 Å². The smallest absolute Gasteiger partial charge is 0.381 e. The van der Waals surface area contributed by atoms with Crippen LogP contribution >= 0.6 is 15.9 Å². The summed E-state index contributed by atoms with van der Waals surface area (Å²) in [6.45, 7) is 0.356. The second kappa shape index (κ2) is 5.56. The van der Waals surface area contributed by atoms with E-state index in [1.807, 2.05) is 0 Å². The Kier molecular flexibility index (Phi) is 4.04. The fourth-order valence-corrected chi connectivity index (χ4v) is 1.97. The molecule has 1 N–H and O–H groups in total. The zero-order chi connectivity index (χ0) is 13.9. The lowest BCUT2D eigenvalue weighted by Gasteiger charge is -2.11. The van der Waals surface area contributed by atoms with E-state index in [9.17, 15) is 13.2 Å². The van der Waals surface area contributed by atoms with Crippen LogP contribution in [0.3, 0.4) is 0 Å². The van der Waals surface area contributed by atoms with E-state index in [4.69, 9.17) is 0 Å². The second-order valence-electron chi connectivity index (χ2n) is 3.83. The number of rotatable bonds is 3. The van der Waals surface area contributed by atoms with E-state index in [0.717, 1.165) is 17.7 Å². The molecular weight excluding hydrogens is 323 g/mol. The summed E-state index contributed by atoms with van der Waals surface area (Å²) in [7, 11) is 0. The quantitative estimate of drug-likeness (QED) is 0.927. The zero-order valence-corrected chi connectivity index (χ0v) is 11.2. The number of halogens is 4. The summed E-state index contributed by atoms with van der Waals surface area (Å²) in [5.41, 5.74) is 0.468. The van der Waals surface area contributed by atoms with Crippen LogP contribution in [0.15, 0.2) is 41.4 Å². The number of hydrogen-bond donors (Lipinski definition) is 1. The first-order valence-electron chi connectivity index (χ1n) is 5.31. The van der Waals surface area contributed by atoms with Gasteiger partial charge in [0.25, 0.3) is 0 Å². The summed E-state index contributed by atoms with van der Waals surface area (Å²) in [6, 6.07) is 3.68. The molecule has 1 aromatic heterocycles. The number of aromatic nitrogens is 2. The van der Waals surface area contributed by atoms with Gasteiger partial charge < -0.3 is 5.32 Å². The Balaban J connectivity index is 2.15. The highest BCUT2D eigenvalue weighted by atomic mass is 79.9. The number of benzene rings is 1. The molecule has 0 unspecified atom stereocenters. The Bertz CT molecular complexity index is 558. The van der Waals surface area contributed by atoms with Crippen molar-refractivity contribution in [2.45, 2.75) is 12.7 Å². The molecule has 2 aromatic rings. The van der Waals surface area contributed by atoms with Crippen LogP contribution in [0, 0.1) is 0 Å². The van der Waals surface area contributed by atoms with Gasteiger partial charge in [-0.3, -0.25) is 0 Å². The summed E-state index contributed by atoms with van der Waals surface area (Å²) >= 11 is 3.07. The average molecular weight is 332 g/mol. The molecule has 0 radical (unpaired) electrons. The molecule has 2 rings (SSSR count). The van der Waals surface area contributed by atoms with E-state index in [1.165, 1.54) is 6.33 Å². The van der Waals surface area contributed by atoms with Crippen molar-refractivity contribution in [1.82, 2.24) is 9.97 Å². The minimum absolute atomic E-state index is 0.356. The molecule has 0 saturated carbocycles. The molecule has 0 spiro atoms. The molecule has 0 atom stereocenters. The normalized spacial score (nSPS) is 11.4. The van der Waals surface area contributed by atoms with Gasteiger partial charge in [-0.15, -0.1) is 0 Å². The van der Waals surface area contributed by atoms with Gasteiger partial charge in [0.1, 0.15) is 6.33 Å². The van der Waals surface area contributed by atoms with Gasteiger partial charge >= 0.3 is 6.18 Å². The first kappa shape index (κ1) is 13.8. The standard InChI is InChI=1S/C12H9BrF3N3/c13-10-1-9(12(14,15)16)2-11(3-10)19-6-8-4-17-7-18-5-8/h1-5,7,19H,6H2. The summed E-state index contributed by atoms with van der Waals surface area (Å²) in [4.78, 5) is 7.66. The highest BCUT2D eigenvalue weighted by Gasteiger charge is 2.31. The number of alkyl halides is 3. The van der Waals surface area contributed by atoms with Crippen LogP contribution in [-0.2, 0) is 12.7 Å². The highest BCUT2D eigenvalue weighted by Crippen LogP contribution is 2.33. The predicted octanol–water partition coefficient (Wildman–Crippen LogP) is 3.87. The van der Waals surface area contributed by atoms with Gasteiger partial charge in [0.05, 0.1) is 5.56 Å². The minimum Gasteiger partial charge on any atom is -0.381 e. The number of nitrogens with one attached hydrogen (secondary N) is 1. The van der Waals surface area contributed by atoms with Gasteiger partial charge in [0.2, 0.25) is 0 Å². The van der Waals surface area contributed by atoms with Gasteiger partial charge in [-0.1, -0.05) is 15.9 Å². The van der Waals surface area contributed by atoms with Crippen molar-refractivity contribution in [3.8, 4) is 0 Å². The van der Waals surface area contributed by atoms with Crippen molar-refractivity contribution in [2.24, 2.45) is 0 Å². The van der Waals surface area contributed by atoms with Crippen molar-refractivity contribution in [3.05, 3.63) is 52.5 Å². The average Bonchev–Trinajstić information content (AvgIpc) is 2.36. The Hall–Kier alpha value is -1.63. The third-order valence-corrected chi connectivity index (χ3v) is 2.79. The summed E-state index contributed by atoms with van der Waals surface area (Å²) in [6.07, 6.45) is 0.228. The maximum Gasteiger partial charge on any atom is 0.416 e. The van der Waals surface area contributed by atoms with E-state index in [0.29, 0.717) is 16.7 Å². The van der Waals surface area contributed by atoms with Gasteiger partial charge in [-0.05, 0) is 18.2 Å². The molecule has 100 valence electrons. The van der Waals surface area contributed by atoms with Gasteiger partial charge in [-0.2, -0.15) is 13.2 Å². The fraction of sp³-hybridized carbons (Fsp3) is 0.167. The topological polar surface area (TPSA) is 37.8 Å². The van der Waals surface area contributed by atoms with Gasteiger partial charge in [0.15, 0.2) is 0 Å². The Morgan fingerprint density at radius 1 is 1.11 bits per heavy atom. The van der Waals surface area contributed by atoms with E-state index in [2.05, 4.69) is 31.2 Å². The van der Waals surface area contributed by atoms with Gasteiger partial charge in [-0.25, -0.2) is 9.97 Å². The molecule has 0 aliphatic rings. The molecular formula is C12H9BrF3N3. The zero-order valence-electron chi connectivity index (χ0n) is 9.58. The Morgan fingerprint density at radius 2 is 1.79 bits per heavy atom. The van der Waals surface area contributed by atoms with Crippen molar-refractivity contribution >= 4 is 21.6 Å². The highest BCUT2D eigenvalue weighted by molar-refractivity contribution is 9.10. The molecule has 0 aliphatic carbocycles. The summed E-state index contributed by atoms with van der Waals surface area (Å²) in [5, 5.41) is 2.90. The largest absolute Gasteiger partial charge is 0.416 e. The molecule has 0 bridgehead atoms. The van der Waals surface area contributed by atoms with Crippen molar-refractivity contribution in [1.29, 1.82) is 0 Å². The van der Waals surface area contributed by atoms with Crippen LogP contribution in [0.25, 0.3) is 0 Å². The van der Waals surface area contributed by atoms with Crippen molar-refractivity contribution in [2.75, 3.05) is 5.32 Å². The van der Waals surface area contributed by atoms with E-state index in [1.54, 1.807) is 18.5 Å². The Morgan fingerprint density at radius 3 is 2.42 bits per heavy atom. The lowest BCUT2D eigenvalue weighted by Crippen LogP contribution is -2.07. The summed E-state index contributed by atoms with van der Waals surface area (Å²) < 4.78 is 38.3. The number of hydrogen-bond acceptors (Lipinski definition) is 3. The molecule has 3 nitrogen and oxygen atoms in total. The predicted molar refractivity (Wildman–Crippen MR) is 68.5 cm³/mol. The molecule has 7 heteroatoms. The first-order chi connectivity index (χ1) is 8.95. The third kappa shape index (κ3) is 3.92. The monoisotopic (exact) mass is 331 g/mol. The molecule has 1 aromatic carbocycles. The maximum atomic E-state index is 12.6. The fourth-order valence-electron chi connectivity index (χ4n) is 1.48. The molecule has 0 saturated heterocycles. The molecule has 19 heavy (non-hydrogen) atoms. The SMILES string of the molecule is FC(F)(F)c1cc(Br)cc(NCc2cncnc2)c1. The molecule has 0 fully saturated rings. The van der Waals surface area contributed by atoms with E-state index in [-0.39, 0.29) is 0 Å². The maximum absolute atomic E-state index is 12.6. The van der Waals surface area contributed by atoms with E-state index < -0.39 is 11.7 Å². The van der Waals surface area contributed by atoms with Crippen LogP contribution in [0.5, 0.6) is 0 Å². The van der Waals surface area contributed by atoms with Crippen LogP contribution < -0.4 is 5.32 Å². The third-order valence-electron chi connectivity index (χ3n) is 2.34. The summed E-state index contributed by atoms with van der Waals surface area (Å²) in [5.74, 6) is 0. The van der Waals surface area contributed by atoms with Crippen molar-refractivity contribution in [3.63, 3.8) is 0 Å². The second-order valence-corrected chi connectivity index (χ2v) is 4.74. The van der Waals surface area contributed by atoms with E-state index >= 15 is 0 Å². The van der Waals surface area contributed by atoms with Gasteiger partial charge in [0, 0.05) is 34.7 Å². The minimum atomic E-state index is -4.37. The van der Waals surface area contributed by atoms with Crippen molar-refractivity contribution < 1.29 is 13.2 Å².